The molecule has 0 saturated carbocycles. The fourth-order valence-electron chi connectivity index (χ4n) is 2.22. The van der Waals surface area contributed by atoms with Gasteiger partial charge in [-0.25, -0.2) is 4.39 Å². The van der Waals surface area contributed by atoms with Crippen molar-refractivity contribution in [3.63, 3.8) is 0 Å². The van der Waals surface area contributed by atoms with Gasteiger partial charge in [0, 0.05) is 31.9 Å². The van der Waals surface area contributed by atoms with Crippen LogP contribution in [-0.4, -0.2) is 44.2 Å². The zero-order valence-electron chi connectivity index (χ0n) is 10.1. The molecule has 0 atom stereocenters. The third kappa shape index (κ3) is 3.41. The molecule has 17 heavy (non-hydrogen) atoms. The second-order valence-electron chi connectivity index (χ2n) is 4.45. The Hall–Kier alpha value is -1.13. The number of piperazine rings is 1. The fraction of sp³-hybridized carbons (Fsp3) is 0.538. The van der Waals surface area contributed by atoms with E-state index in [0.717, 1.165) is 51.4 Å². The van der Waals surface area contributed by atoms with Gasteiger partial charge in [0.2, 0.25) is 0 Å². The normalized spacial score (nSPS) is 17.4. The summed E-state index contributed by atoms with van der Waals surface area (Å²) < 4.78 is 13.1. The van der Waals surface area contributed by atoms with Gasteiger partial charge in [-0.05, 0) is 37.7 Å². The molecule has 0 spiro atoms. The van der Waals surface area contributed by atoms with E-state index in [1.54, 1.807) is 12.1 Å². The number of nitrogens with zero attached hydrogens (tertiary/aromatic N) is 2. The molecule has 1 aromatic rings. The van der Waals surface area contributed by atoms with Crippen molar-refractivity contribution in [2.45, 2.75) is 6.42 Å². The van der Waals surface area contributed by atoms with E-state index >= 15 is 0 Å². The van der Waals surface area contributed by atoms with Crippen molar-refractivity contribution in [3.05, 3.63) is 30.1 Å². The molecular weight excluding hydrogens is 217 g/mol. The fourth-order valence-corrected chi connectivity index (χ4v) is 2.22. The molecule has 1 aliphatic heterocycles. The summed E-state index contributed by atoms with van der Waals surface area (Å²) in [5.74, 6) is -0.159. The van der Waals surface area contributed by atoms with Gasteiger partial charge in [-0.2, -0.15) is 0 Å². The maximum Gasteiger partial charge on any atom is 0.125 e. The highest BCUT2D eigenvalue weighted by Gasteiger charge is 2.16. The summed E-state index contributed by atoms with van der Waals surface area (Å²) in [5.41, 5.74) is 6.49. The molecule has 3 nitrogen and oxygen atoms in total. The van der Waals surface area contributed by atoms with Crippen LogP contribution in [0.15, 0.2) is 24.3 Å². The lowest BCUT2D eigenvalue weighted by Gasteiger charge is -2.36. The summed E-state index contributed by atoms with van der Waals surface area (Å²) in [7, 11) is 0. The summed E-state index contributed by atoms with van der Waals surface area (Å²) in [4.78, 5) is 4.66. The monoisotopic (exact) mass is 237 g/mol. The van der Waals surface area contributed by atoms with Crippen molar-refractivity contribution in [2.75, 3.05) is 44.2 Å². The molecule has 0 aromatic heterocycles. The molecular formula is C13H20FN3. The third-order valence-corrected chi connectivity index (χ3v) is 3.22. The summed E-state index contributed by atoms with van der Waals surface area (Å²) in [5, 5.41) is 0. The molecule has 0 aliphatic carbocycles. The molecule has 0 unspecified atom stereocenters. The maximum absolute atomic E-state index is 13.1. The number of benzene rings is 1. The minimum Gasteiger partial charge on any atom is -0.369 e. The zero-order valence-corrected chi connectivity index (χ0v) is 10.1. The number of hydrogen-bond donors (Lipinski definition) is 1. The van der Waals surface area contributed by atoms with Crippen molar-refractivity contribution in [1.29, 1.82) is 0 Å². The molecule has 0 amide bonds. The zero-order chi connectivity index (χ0) is 12.1. The first kappa shape index (κ1) is 12.3. The van der Waals surface area contributed by atoms with Crippen LogP contribution >= 0.6 is 0 Å². The van der Waals surface area contributed by atoms with Crippen LogP contribution in [0.3, 0.4) is 0 Å². The summed E-state index contributed by atoms with van der Waals surface area (Å²) >= 11 is 0. The standard InChI is InChI=1S/C13H20FN3/c14-12-3-1-4-13(11-12)17-9-7-16(8-10-17)6-2-5-15/h1,3-4,11H,2,5-10,15H2. The van der Waals surface area contributed by atoms with Crippen LogP contribution < -0.4 is 10.6 Å². The molecule has 2 rings (SSSR count). The summed E-state index contributed by atoms with van der Waals surface area (Å²) in [6, 6.07) is 6.83. The van der Waals surface area contributed by atoms with Crippen molar-refractivity contribution in [2.24, 2.45) is 5.73 Å². The van der Waals surface area contributed by atoms with E-state index in [1.165, 1.54) is 6.07 Å². The lowest BCUT2D eigenvalue weighted by Crippen LogP contribution is -2.46. The van der Waals surface area contributed by atoms with Crippen LogP contribution in [0.4, 0.5) is 10.1 Å². The average molecular weight is 237 g/mol. The highest BCUT2D eigenvalue weighted by molar-refractivity contribution is 5.46. The van der Waals surface area contributed by atoms with Crippen LogP contribution in [0.25, 0.3) is 0 Å². The average Bonchev–Trinajstić information content (AvgIpc) is 2.37. The Balaban J connectivity index is 1.86. The second-order valence-corrected chi connectivity index (χ2v) is 4.45. The Morgan fingerprint density at radius 2 is 1.94 bits per heavy atom. The van der Waals surface area contributed by atoms with Crippen LogP contribution in [0, 0.1) is 5.82 Å². The van der Waals surface area contributed by atoms with E-state index in [-0.39, 0.29) is 5.82 Å². The van der Waals surface area contributed by atoms with Crippen molar-refractivity contribution < 1.29 is 4.39 Å². The Bertz CT molecular complexity index is 348. The molecule has 2 N–H and O–H groups in total. The molecule has 1 heterocycles. The lowest BCUT2D eigenvalue weighted by molar-refractivity contribution is 0.256. The van der Waals surface area contributed by atoms with Gasteiger partial charge in [0.1, 0.15) is 5.82 Å². The number of nitrogens with two attached hydrogens (primary N) is 1. The minimum atomic E-state index is -0.159. The first-order valence-corrected chi connectivity index (χ1v) is 6.22. The minimum absolute atomic E-state index is 0.159. The molecule has 1 aromatic carbocycles. The van der Waals surface area contributed by atoms with Crippen LogP contribution in [-0.2, 0) is 0 Å². The Labute approximate surface area is 102 Å². The van der Waals surface area contributed by atoms with Gasteiger partial charge in [0.15, 0.2) is 0 Å². The molecule has 1 saturated heterocycles. The van der Waals surface area contributed by atoms with Gasteiger partial charge < -0.3 is 10.6 Å². The van der Waals surface area contributed by atoms with E-state index in [2.05, 4.69) is 9.80 Å². The predicted molar refractivity (Wildman–Crippen MR) is 68.7 cm³/mol. The second kappa shape index (κ2) is 5.98. The van der Waals surface area contributed by atoms with Gasteiger partial charge in [-0.1, -0.05) is 6.07 Å². The van der Waals surface area contributed by atoms with E-state index in [4.69, 9.17) is 5.73 Å². The van der Waals surface area contributed by atoms with Crippen LogP contribution in [0.1, 0.15) is 6.42 Å². The molecule has 0 bridgehead atoms. The first-order chi connectivity index (χ1) is 8.29. The Kier molecular flexibility index (Phi) is 4.34. The summed E-state index contributed by atoms with van der Waals surface area (Å²) in [6.45, 7) is 5.84. The quantitative estimate of drug-likeness (QED) is 0.856. The van der Waals surface area contributed by atoms with Crippen molar-refractivity contribution >= 4 is 5.69 Å². The SMILES string of the molecule is NCCCN1CCN(c2cccc(F)c2)CC1. The third-order valence-electron chi connectivity index (χ3n) is 3.22. The first-order valence-electron chi connectivity index (χ1n) is 6.22. The lowest BCUT2D eigenvalue weighted by atomic mass is 10.2. The molecule has 0 radical (unpaired) electrons. The van der Waals surface area contributed by atoms with E-state index in [9.17, 15) is 4.39 Å². The van der Waals surface area contributed by atoms with Crippen molar-refractivity contribution in [1.82, 2.24) is 4.90 Å². The number of anilines is 1. The van der Waals surface area contributed by atoms with Crippen LogP contribution in [0.2, 0.25) is 0 Å². The van der Waals surface area contributed by atoms with Gasteiger partial charge in [0.05, 0.1) is 0 Å². The maximum atomic E-state index is 13.1. The predicted octanol–water partition coefficient (Wildman–Crippen LogP) is 1.30. The number of halogens is 1. The van der Waals surface area contributed by atoms with Gasteiger partial charge in [-0.3, -0.25) is 4.90 Å². The molecule has 4 heteroatoms. The van der Waals surface area contributed by atoms with Gasteiger partial charge >= 0.3 is 0 Å². The highest BCUT2D eigenvalue weighted by Crippen LogP contribution is 2.17. The van der Waals surface area contributed by atoms with Crippen LogP contribution in [0.5, 0.6) is 0 Å². The Morgan fingerprint density at radius 3 is 2.59 bits per heavy atom. The van der Waals surface area contributed by atoms with E-state index in [0.29, 0.717) is 0 Å². The van der Waals surface area contributed by atoms with E-state index in [1.807, 2.05) is 6.07 Å². The molecule has 1 fully saturated rings. The van der Waals surface area contributed by atoms with Gasteiger partial charge in [0.25, 0.3) is 0 Å². The highest BCUT2D eigenvalue weighted by atomic mass is 19.1. The topological polar surface area (TPSA) is 32.5 Å². The number of hydrogen-bond acceptors (Lipinski definition) is 3. The van der Waals surface area contributed by atoms with Crippen molar-refractivity contribution in [3.8, 4) is 0 Å². The van der Waals surface area contributed by atoms with Gasteiger partial charge in [-0.15, -0.1) is 0 Å². The largest absolute Gasteiger partial charge is 0.369 e. The summed E-state index contributed by atoms with van der Waals surface area (Å²) in [6.07, 6.45) is 1.06. The molecule has 1 aliphatic rings. The smallest absolute Gasteiger partial charge is 0.125 e. The molecule has 94 valence electrons. The van der Waals surface area contributed by atoms with E-state index < -0.39 is 0 Å². The number of rotatable bonds is 4. The Morgan fingerprint density at radius 1 is 1.18 bits per heavy atom.